The highest BCUT2D eigenvalue weighted by Gasteiger charge is 2.22. The van der Waals surface area contributed by atoms with Crippen LogP contribution in [0.4, 0.5) is 4.79 Å². The van der Waals surface area contributed by atoms with Crippen molar-refractivity contribution >= 4 is 34.6 Å². The van der Waals surface area contributed by atoms with Crippen molar-refractivity contribution in [2.75, 3.05) is 19.6 Å². The van der Waals surface area contributed by atoms with E-state index in [-0.39, 0.29) is 11.7 Å². The molecule has 2 rings (SSSR count). The van der Waals surface area contributed by atoms with Crippen LogP contribution >= 0.6 is 22.6 Å². The lowest BCUT2D eigenvalue weighted by molar-refractivity contribution is 0.0928. The van der Waals surface area contributed by atoms with E-state index in [1.54, 1.807) is 12.1 Å². The highest BCUT2D eigenvalue weighted by molar-refractivity contribution is 14.1. The summed E-state index contributed by atoms with van der Waals surface area (Å²) in [5.74, 6) is 0.294. The van der Waals surface area contributed by atoms with Gasteiger partial charge in [-0.25, -0.2) is 4.79 Å². The van der Waals surface area contributed by atoms with Gasteiger partial charge in [-0.2, -0.15) is 0 Å². The lowest BCUT2D eigenvalue weighted by Crippen LogP contribution is -2.40. The number of halogens is 1. The van der Waals surface area contributed by atoms with Crippen LogP contribution in [-0.4, -0.2) is 46.7 Å². The number of likely N-dealkylation sites (tertiary alicyclic amines) is 1. The molecule has 3 N–H and O–H groups in total. The van der Waals surface area contributed by atoms with Crippen LogP contribution in [0.1, 0.15) is 23.2 Å². The van der Waals surface area contributed by atoms with E-state index in [4.69, 9.17) is 5.11 Å². The minimum absolute atomic E-state index is 0.160. The number of nitrogens with zero attached hydrogens (tertiary/aromatic N) is 1. The molecule has 2 amide bonds. The Morgan fingerprint density at radius 3 is 2.57 bits per heavy atom. The lowest BCUT2D eigenvalue weighted by Gasteiger charge is -2.29. The number of carbonyl (C=O) groups excluding carboxylic acids is 1. The lowest BCUT2D eigenvalue weighted by atomic mass is 9.97. The first-order chi connectivity index (χ1) is 9.97. The van der Waals surface area contributed by atoms with Crippen molar-refractivity contribution < 1.29 is 19.8 Å². The summed E-state index contributed by atoms with van der Waals surface area (Å²) in [7, 11) is 0. The van der Waals surface area contributed by atoms with Crippen LogP contribution in [0.2, 0.25) is 0 Å². The van der Waals surface area contributed by atoms with Gasteiger partial charge in [0, 0.05) is 25.2 Å². The monoisotopic (exact) mass is 404 g/mol. The normalized spacial score (nSPS) is 15.8. The van der Waals surface area contributed by atoms with Crippen molar-refractivity contribution in [1.29, 1.82) is 0 Å². The second-order valence-corrected chi connectivity index (χ2v) is 6.25. The summed E-state index contributed by atoms with van der Waals surface area (Å²) in [4.78, 5) is 24.2. The van der Waals surface area contributed by atoms with Crippen molar-refractivity contribution in [1.82, 2.24) is 10.2 Å². The highest BCUT2D eigenvalue weighted by Crippen LogP contribution is 2.20. The van der Waals surface area contributed by atoms with Crippen molar-refractivity contribution in [3.63, 3.8) is 0 Å². The fraction of sp³-hybridized carbons (Fsp3) is 0.429. The third-order valence-electron chi connectivity index (χ3n) is 3.65. The zero-order chi connectivity index (χ0) is 15.4. The van der Waals surface area contributed by atoms with Gasteiger partial charge in [-0.1, -0.05) is 0 Å². The molecule has 1 saturated heterocycles. The Kier molecular flexibility index (Phi) is 5.27. The van der Waals surface area contributed by atoms with E-state index in [1.165, 1.54) is 11.0 Å². The second kappa shape index (κ2) is 6.97. The molecule has 1 heterocycles. The summed E-state index contributed by atoms with van der Waals surface area (Å²) >= 11 is 1.97. The van der Waals surface area contributed by atoms with E-state index in [9.17, 15) is 14.7 Å². The molecule has 0 aliphatic carbocycles. The number of phenolic OH excluding ortho intramolecular Hbond substituents is 1. The molecule has 0 aromatic heterocycles. The number of aromatic hydroxyl groups is 1. The molecule has 0 bridgehead atoms. The molecule has 0 saturated carbocycles. The fourth-order valence-electron chi connectivity index (χ4n) is 2.32. The van der Waals surface area contributed by atoms with Gasteiger partial charge in [-0.05, 0) is 59.5 Å². The molecule has 0 atom stereocenters. The van der Waals surface area contributed by atoms with Crippen molar-refractivity contribution in [2.45, 2.75) is 12.8 Å². The van der Waals surface area contributed by atoms with Gasteiger partial charge in [-0.3, -0.25) is 4.79 Å². The topological polar surface area (TPSA) is 89.9 Å². The SMILES string of the molecule is O=C(NCC1CCN(C(=O)O)CC1)c1ccc(O)c(I)c1. The van der Waals surface area contributed by atoms with Crippen LogP contribution in [0.15, 0.2) is 18.2 Å². The first-order valence-electron chi connectivity index (χ1n) is 6.72. The smallest absolute Gasteiger partial charge is 0.407 e. The molecule has 0 spiro atoms. The highest BCUT2D eigenvalue weighted by atomic mass is 127. The van der Waals surface area contributed by atoms with Crippen molar-refractivity contribution in [3.05, 3.63) is 27.3 Å². The molecule has 1 aromatic carbocycles. The van der Waals surface area contributed by atoms with E-state index in [2.05, 4.69) is 5.32 Å². The van der Waals surface area contributed by atoms with Crippen LogP contribution in [0, 0.1) is 9.49 Å². The number of hydrogen-bond donors (Lipinski definition) is 3. The van der Waals surface area contributed by atoms with E-state index in [0.717, 1.165) is 12.8 Å². The van der Waals surface area contributed by atoms with Gasteiger partial charge in [0.2, 0.25) is 0 Å². The first-order valence-corrected chi connectivity index (χ1v) is 7.80. The zero-order valence-corrected chi connectivity index (χ0v) is 13.5. The minimum atomic E-state index is -0.879. The molecule has 21 heavy (non-hydrogen) atoms. The third kappa shape index (κ3) is 4.23. The summed E-state index contributed by atoms with van der Waals surface area (Å²) in [5.41, 5.74) is 0.514. The second-order valence-electron chi connectivity index (χ2n) is 5.09. The van der Waals surface area contributed by atoms with Crippen LogP contribution < -0.4 is 5.32 Å². The van der Waals surface area contributed by atoms with Crippen LogP contribution in [0.5, 0.6) is 5.75 Å². The summed E-state index contributed by atoms with van der Waals surface area (Å²) in [5, 5.41) is 21.2. The van der Waals surface area contributed by atoms with Gasteiger partial charge >= 0.3 is 6.09 Å². The Labute approximate surface area is 136 Å². The molecule has 1 fully saturated rings. The minimum Gasteiger partial charge on any atom is -0.507 e. The number of benzene rings is 1. The summed E-state index contributed by atoms with van der Waals surface area (Å²) in [6, 6.07) is 4.72. The number of amides is 2. The van der Waals surface area contributed by atoms with Crippen molar-refractivity contribution in [3.8, 4) is 5.75 Å². The average molecular weight is 404 g/mol. The number of rotatable bonds is 3. The number of hydrogen-bond acceptors (Lipinski definition) is 3. The zero-order valence-electron chi connectivity index (χ0n) is 11.4. The Hall–Kier alpha value is -1.51. The molecule has 1 aromatic rings. The molecule has 7 heteroatoms. The standard InChI is InChI=1S/C14H17IN2O4/c15-11-7-10(1-2-12(11)18)13(19)16-8-9-3-5-17(6-4-9)14(20)21/h1-2,7,9,18H,3-6,8H2,(H,16,19)(H,20,21). The summed E-state index contributed by atoms with van der Waals surface area (Å²) in [6.07, 6.45) is 0.649. The molecule has 1 aliphatic rings. The van der Waals surface area contributed by atoms with Gasteiger partial charge in [0.05, 0.1) is 3.57 Å². The molecule has 6 nitrogen and oxygen atoms in total. The third-order valence-corrected chi connectivity index (χ3v) is 4.51. The van der Waals surface area contributed by atoms with E-state index >= 15 is 0 Å². The largest absolute Gasteiger partial charge is 0.507 e. The van der Waals surface area contributed by atoms with Gasteiger partial charge in [0.25, 0.3) is 5.91 Å². The Morgan fingerprint density at radius 1 is 1.33 bits per heavy atom. The number of carbonyl (C=O) groups is 2. The summed E-state index contributed by atoms with van der Waals surface area (Å²) in [6.45, 7) is 1.59. The van der Waals surface area contributed by atoms with Gasteiger partial charge in [0.15, 0.2) is 0 Å². The van der Waals surface area contributed by atoms with Crippen LogP contribution in [0.3, 0.4) is 0 Å². The number of nitrogens with one attached hydrogen (secondary N) is 1. The molecule has 0 radical (unpaired) electrons. The maximum atomic E-state index is 12.0. The number of carboxylic acid groups (broad SMARTS) is 1. The first kappa shape index (κ1) is 15.9. The average Bonchev–Trinajstić information content (AvgIpc) is 2.48. The summed E-state index contributed by atoms with van der Waals surface area (Å²) < 4.78 is 0.634. The van der Waals surface area contributed by atoms with Gasteiger partial charge < -0.3 is 20.4 Å². The van der Waals surface area contributed by atoms with Gasteiger partial charge in [0.1, 0.15) is 5.75 Å². The molecule has 0 unspecified atom stereocenters. The Morgan fingerprint density at radius 2 is 2.00 bits per heavy atom. The molecule has 1 aliphatic heterocycles. The quantitative estimate of drug-likeness (QED) is 0.674. The molecule has 114 valence electrons. The molecular weight excluding hydrogens is 387 g/mol. The maximum absolute atomic E-state index is 12.0. The number of phenols is 1. The Bertz CT molecular complexity index is 542. The fourth-order valence-corrected chi connectivity index (χ4v) is 2.83. The predicted molar refractivity (Wildman–Crippen MR) is 85.5 cm³/mol. The van der Waals surface area contributed by atoms with Crippen molar-refractivity contribution in [2.24, 2.45) is 5.92 Å². The Balaban J connectivity index is 1.82. The maximum Gasteiger partial charge on any atom is 0.407 e. The van der Waals surface area contributed by atoms with Crippen LogP contribution in [0.25, 0.3) is 0 Å². The van der Waals surface area contributed by atoms with E-state index in [1.807, 2.05) is 22.6 Å². The van der Waals surface area contributed by atoms with Gasteiger partial charge in [-0.15, -0.1) is 0 Å². The number of piperidine rings is 1. The van der Waals surface area contributed by atoms with Crippen LogP contribution in [-0.2, 0) is 0 Å². The van der Waals surface area contributed by atoms with E-state index in [0.29, 0.717) is 34.7 Å². The molecular formula is C14H17IN2O4. The predicted octanol–water partition coefficient (Wildman–Crippen LogP) is 2.12. The van der Waals surface area contributed by atoms with E-state index < -0.39 is 6.09 Å².